The first kappa shape index (κ1) is 17.7. The number of aromatic nitrogens is 4. The van der Waals surface area contributed by atoms with E-state index in [0.717, 1.165) is 22.5 Å². The van der Waals surface area contributed by atoms with Crippen molar-refractivity contribution in [1.29, 1.82) is 0 Å². The Kier molecular flexibility index (Phi) is 4.27. The summed E-state index contributed by atoms with van der Waals surface area (Å²) in [6.07, 6.45) is 3.72. The maximum absolute atomic E-state index is 5.78. The molecule has 0 unspecified atom stereocenters. The summed E-state index contributed by atoms with van der Waals surface area (Å²) in [6.45, 7) is 4.35. The van der Waals surface area contributed by atoms with E-state index in [-0.39, 0.29) is 26.5 Å². The van der Waals surface area contributed by atoms with Crippen molar-refractivity contribution in [3.63, 3.8) is 0 Å². The standard InChI is InChI=1S/C21H16N4O.Pt/c1-21(2)15-5-3-7-17(13-15)24-11-9-19(22-24)26-20-10-12-25(23-20)18-8-4-6-16(21)14-18;/h3-12H,1-2H3;/q-2;+2. The van der Waals surface area contributed by atoms with E-state index in [2.05, 4.69) is 48.3 Å². The number of fused-ring (bicyclic) bond motifs is 10. The van der Waals surface area contributed by atoms with Gasteiger partial charge in [-0.25, -0.2) is 0 Å². The molecule has 0 N–H and O–H groups in total. The molecule has 2 aromatic carbocycles. The van der Waals surface area contributed by atoms with Crippen LogP contribution in [-0.2, 0) is 26.5 Å². The summed E-state index contributed by atoms with van der Waals surface area (Å²) in [5.41, 5.74) is 3.60. The Morgan fingerprint density at radius 1 is 0.778 bits per heavy atom. The molecule has 0 aliphatic carbocycles. The van der Waals surface area contributed by atoms with Crippen molar-refractivity contribution in [3.05, 3.63) is 84.2 Å². The zero-order valence-electron chi connectivity index (χ0n) is 14.8. The quantitative estimate of drug-likeness (QED) is 0.319. The SMILES string of the molecule is CC1(C)c2[c-]c(ccc2)-n2ccc(n2)Oc2ccn(n2)-c2[c-]c1ccc2.[Pt+2]. The maximum atomic E-state index is 5.78. The van der Waals surface area contributed by atoms with Gasteiger partial charge < -0.3 is 4.74 Å². The van der Waals surface area contributed by atoms with Gasteiger partial charge >= 0.3 is 21.1 Å². The van der Waals surface area contributed by atoms with Crippen LogP contribution in [-0.4, -0.2) is 19.6 Å². The molecule has 27 heavy (non-hydrogen) atoms. The summed E-state index contributed by atoms with van der Waals surface area (Å²) in [5.74, 6) is 0.978. The first-order chi connectivity index (χ1) is 12.6. The molecule has 0 saturated carbocycles. The van der Waals surface area contributed by atoms with E-state index in [1.54, 1.807) is 9.36 Å². The number of nitrogens with zero attached hydrogens (tertiary/aromatic N) is 4. The summed E-state index contributed by atoms with van der Waals surface area (Å²) in [4.78, 5) is 0. The number of rotatable bonds is 0. The summed E-state index contributed by atoms with van der Waals surface area (Å²) in [7, 11) is 0. The van der Waals surface area contributed by atoms with E-state index in [0.29, 0.717) is 11.8 Å². The summed E-state index contributed by atoms with van der Waals surface area (Å²) < 4.78 is 9.30. The van der Waals surface area contributed by atoms with E-state index >= 15 is 0 Å². The maximum Gasteiger partial charge on any atom is 2.00 e. The Hall–Kier alpha value is -2.65. The molecule has 0 radical (unpaired) electrons. The Labute approximate surface area is 171 Å². The van der Waals surface area contributed by atoms with Crippen molar-refractivity contribution >= 4 is 0 Å². The fourth-order valence-electron chi connectivity index (χ4n) is 3.15. The summed E-state index contributed by atoms with van der Waals surface area (Å²) >= 11 is 0. The number of ether oxygens (including phenoxy) is 1. The van der Waals surface area contributed by atoms with Crippen molar-refractivity contribution in [1.82, 2.24) is 19.6 Å². The molecule has 8 bridgehead atoms. The van der Waals surface area contributed by atoms with Crippen LogP contribution in [0.15, 0.2) is 60.9 Å². The van der Waals surface area contributed by atoms with E-state index in [1.165, 1.54) is 0 Å². The Bertz CT molecular complexity index is 1030. The number of hydrogen-bond donors (Lipinski definition) is 0. The van der Waals surface area contributed by atoms with E-state index in [1.807, 2.05) is 48.8 Å². The molecule has 0 spiro atoms. The van der Waals surface area contributed by atoms with Gasteiger partial charge in [-0.2, -0.15) is 47.5 Å². The fraction of sp³-hybridized carbons (Fsp3) is 0.143. The average Bonchev–Trinajstić information content (AvgIpc) is 3.31. The molecule has 3 heterocycles. The second-order valence-electron chi connectivity index (χ2n) is 6.82. The summed E-state index contributed by atoms with van der Waals surface area (Å²) in [6, 6.07) is 22.8. The predicted molar refractivity (Wildman–Crippen MR) is 97.0 cm³/mol. The van der Waals surface area contributed by atoms with Crippen LogP contribution >= 0.6 is 0 Å². The van der Waals surface area contributed by atoms with Crippen molar-refractivity contribution in [2.75, 3.05) is 0 Å². The van der Waals surface area contributed by atoms with Gasteiger partial charge in [0.15, 0.2) is 0 Å². The Morgan fingerprint density at radius 3 is 1.74 bits per heavy atom. The summed E-state index contributed by atoms with van der Waals surface area (Å²) in [5, 5.41) is 8.97. The predicted octanol–water partition coefficient (Wildman–Crippen LogP) is 4.09. The average molecular weight is 535 g/mol. The third kappa shape index (κ3) is 3.02. The van der Waals surface area contributed by atoms with Gasteiger partial charge in [-0.15, -0.1) is 22.3 Å². The first-order valence-corrected chi connectivity index (χ1v) is 8.45. The largest absolute Gasteiger partial charge is 2.00 e. The molecule has 0 saturated heterocycles. The third-order valence-corrected chi connectivity index (χ3v) is 4.74. The van der Waals surface area contributed by atoms with Crippen LogP contribution < -0.4 is 4.74 Å². The van der Waals surface area contributed by atoms with Crippen molar-refractivity contribution < 1.29 is 25.8 Å². The van der Waals surface area contributed by atoms with Gasteiger partial charge in [-0.1, -0.05) is 13.8 Å². The van der Waals surface area contributed by atoms with Gasteiger partial charge in [0, 0.05) is 24.5 Å². The minimum atomic E-state index is -0.265. The Morgan fingerprint density at radius 2 is 1.26 bits per heavy atom. The van der Waals surface area contributed by atoms with Gasteiger partial charge in [-0.3, -0.25) is 9.36 Å². The molecule has 2 aromatic heterocycles. The molecule has 136 valence electrons. The normalized spacial score (nSPS) is 13.9. The van der Waals surface area contributed by atoms with E-state index < -0.39 is 0 Å². The van der Waals surface area contributed by atoms with Gasteiger partial charge in [0.2, 0.25) is 11.8 Å². The Balaban J connectivity index is 0.00000180. The first-order valence-electron chi connectivity index (χ1n) is 8.45. The monoisotopic (exact) mass is 535 g/mol. The second kappa shape index (κ2) is 6.50. The molecule has 1 aliphatic heterocycles. The molecule has 5 nitrogen and oxygen atoms in total. The minimum absolute atomic E-state index is 0. The second-order valence-corrected chi connectivity index (χ2v) is 6.82. The molecule has 5 rings (SSSR count). The van der Waals surface area contributed by atoms with Gasteiger partial charge in [0.25, 0.3) is 0 Å². The van der Waals surface area contributed by atoms with Crippen LogP contribution in [0.3, 0.4) is 0 Å². The molecule has 6 heteroatoms. The number of hydrogen-bond acceptors (Lipinski definition) is 3. The minimum Gasteiger partial charge on any atom is -0.417 e. The fourth-order valence-corrected chi connectivity index (χ4v) is 3.15. The van der Waals surface area contributed by atoms with Crippen LogP contribution in [0.5, 0.6) is 11.8 Å². The van der Waals surface area contributed by atoms with Crippen LogP contribution in [0, 0.1) is 12.1 Å². The molecule has 4 aromatic rings. The molecule has 0 amide bonds. The molecule has 0 atom stereocenters. The molecule has 1 aliphatic rings. The zero-order valence-corrected chi connectivity index (χ0v) is 17.1. The van der Waals surface area contributed by atoms with Crippen molar-refractivity contribution in [2.45, 2.75) is 19.3 Å². The van der Waals surface area contributed by atoms with Crippen LogP contribution in [0.1, 0.15) is 25.0 Å². The number of benzene rings is 2. The van der Waals surface area contributed by atoms with Gasteiger partial charge in [0.1, 0.15) is 0 Å². The van der Waals surface area contributed by atoms with Crippen LogP contribution in [0.25, 0.3) is 11.4 Å². The van der Waals surface area contributed by atoms with Crippen molar-refractivity contribution in [3.8, 4) is 23.1 Å². The van der Waals surface area contributed by atoms with Gasteiger partial charge in [0.05, 0.1) is 0 Å². The zero-order chi connectivity index (χ0) is 17.7. The van der Waals surface area contributed by atoms with Gasteiger partial charge in [-0.05, 0) is 16.8 Å². The van der Waals surface area contributed by atoms with E-state index in [4.69, 9.17) is 4.74 Å². The smallest absolute Gasteiger partial charge is 0.417 e. The topological polar surface area (TPSA) is 44.9 Å². The van der Waals surface area contributed by atoms with Crippen molar-refractivity contribution in [2.24, 2.45) is 0 Å². The van der Waals surface area contributed by atoms with E-state index in [9.17, 15) is 0 Å². The third-order valence-electron chi connectivity index (χ3n) is 4.74. The molecular weight excluding hydrogens is 519 g/mol. The van der Waals surface area contributed by atoms with Crippen LogP contribution in [0.2, 0.25) is 0 Å². The molecular formula is C21H16N4OPt. The van der Waals surface area contributed by atoms with Crippen LogP contribution in [0.4, 0.5) is 0 Å². The molecule has 0 fully saturated rings.